The molecule has 0 aliphatic heterocycles. The van der Waals surface area contributed by atoms with Crippen molar-refractivity contribution in [3.8, 4) is 0 Å². The molecule has 106 valence electrons. The summed E-state index contributed by atoms with van der Waals surface area (Å²) in [6.07, 6.45) is 1.46. The van der Waals surface area contributed by atoms with Crippen molar-refractivity contribution in [1.82, 2.24) is 4.98 Å². The number of halogens is 2. The fourth-order valence-corrected chi connectivity index (χ4v) is 3.45. The molecule has 0 aliphatic carbocycles. The van der Waals surface area contributed by atoms with E-state index < -0.39 is 16.6 Å². The minimum atomic E-state index is -3.91. The van der Waals surface area contributed by atoms with Gasteiger partial charge in [-0.2, -0.15) is 0 Å². The molecule has 0 amide bonds. The first-order chi connectivity index (χ1) is 9.45. The molecule has 20 heavy (non-hydrogen) atoms. The van der Waals surface area contributed by atoms with E-state index in [1.54, 1.807) is 12.1 Å². The summed E-state index contributed by atoms with van der Waals surface area (Å²) in [5.74, 6) is 0.170. The number of hydrogen-bond acceptors (Lipinski definition) is 4. The smallest absolute Gasteiger partial charge is 0.264 e. The van der Waals surface area contributed by atoms with Gasteiger partial charge in [0.1, 0.15) is 10.7 Å². The number of aromatic nitrogens is 1. The Balaban J connectivity index is 2.45. The van der Waals surface area contributed by atoms with E-state index in [1.165, 1.54) is 24.4 Å². The van der Waals surface area contributed by atoms with Crippen LogP contribution in [0.25, 0.3) is 0 Å². The highest BCUT2D eigenvalue weighted by Crippen LogP contribution is 2.31. The lowest BCUT2D eigenvalue weighted by molar-refractivity contribution is 0.282. The highest BCUT2D eigenvalue weighted by molar-refractivity contribution is 7.92. The van der Waals surface area contributed by atoms with E-state index >= 15 is 0 Å². The summed E-state index contributed by atoms with van der Waals surface area (Å²) in [5.41, 5.74) is 0.164. The molecular formula is C12H10Cl2N2O3S. The molecule has 0 fully saturated rings. The number of aliphatic hydroxyl groups is 1. The number of anilines is 1. The Labute approximate surface area is 126 Å². The van der Waals surface area contributed by atoms with Crippen molar-refractivity contribution >= 4 is 39.0 Å². The Kier molecular flexibility index (Phi) is 4.49. The lowest BCUT2D eigenvalue weighted by Crippen LogP contribution is -2.15. The van der Waals surface area contributed by atoms with E-state index in [4.69, 9.17) is 23.2 Å². The third-order valence-electron chi connectivity index (χ3n) is 2.50. The Hall–Kier alpha value is -1.34. The zero-order chi connectivity index (χ0) is 14.8. The predicted octanol–water partition coefficient (Wildman–Crippen LogP) is 2.68. The lowest BCUT2D eigenvalue weighted by atomic mass is 10.2. The average Bonchev–Trinajstić information content (AvgIpc) is 2.39. The third-order valence-corrected chi connectivity index (χ3v) is 4.80. The van der Waals surface area contributed by atoms with Crippen LogP contribution in [0.1, 0.15) is 5.56 Å². The molecule has 0 spiro atoms. The molecule has 5 nitrogen and oxygen atoms in total. The van der Waals surface area contributed by atoms with Gasteiger partial charge < -0.3 is 5.11 Å². The molecule has 0 unspecified atom stereocenters. The second kappa shape index (κ2) is 5.97. The van der Waals surface area contributed by atoms with Crippen LogP contribution in [0.15, 0.2) is 41.4 Å². The summed E-state index contributed by atoms with van der Waals surface area (Å²) < 4.78 is 26.8. The molecule has 2 N–H and O–H groups in total. The average molecular weight is 333 g/mol. The van der Waals surface area contributed by atoms with Gasteiger partial charge in [0.05, 0.1) is 11.6 Å². The Morgan fingerprint density at radius 2 is 1.95 bits per heavy atom. The number of pyridine rings is 1. The number of rotatable bonds is 4. The Morgan fingerprint density at radius 3 is 2.55 bits per heavy atom. The quantitative estimate of drug-likeness (QED) is 0.902. The summed E-state index contributed by atoms with van der Waals surface area (Å²) in [5, 5.41) is 9.28. The van der Waals surface area contributed by atoms with Crippen molar-refractivity contribution < 1.29 is 13.5 Å². The molecule has 0 atom stereocenters. The summed E-state index contributed by atoms with van der Waals surface area (Å²) >= 11 is 11.8. The fraction of sp³-hybridized carbons (Fsp3) is 0.0833. The summed E-state index contributed by atoms with van der Waals surface area (Å²) in [7, 11) is -3.91. The molecule has 1 aromatic heterocycles. The minimum absolute atomic E-state index is 0.108. The van der Waals surface area contributed by atoms with E-state index in [-0.39, 0.29) is 26.3 Å². The highest BCUT2D eigenvalue weighted by atomic mass is 35.5. The SMILES string of the molecule is O=S(=O)(Nc1ccccn1)c1ccc(Cl)c(CO)c1Cl. The molecule has 0 aliphatic rings. The second-order valence-electron chi connectivity index (χ2n) is 3.82. The molecular weight excluding hydrogens is 323 g/mol. The zero-order valence-corrected chi connectivity index (χ0v) is 12.4. The molecule has 0 radical (unpaired) electrons. The lowest BCUT2D eigenvalue weighted by Gasteiger charge is -2.11. The maximum absolute atomic E-state index is 12.2. The van der Waals surface area contributed by atoms with Crippen molar-refractivity contribution in [3.63, 3.8) is 0 Å². The molecule has 0 saturated carbocycles. The first kappa shape index (κ1) is 15.1. The normalized spacial score (nSPS) is 11.3. The van der Waals surface area contributed by atoms with Crippen LogP contribution in [0, 0.1) is 0 Å². The topological polar surface area (TPSA) is 79.3 Å². The van der Waals surface area contributed by atoms with Crippen LogP contribution in [0.5, 0.6) is 0 Å². The van der Waals surface area contributed by atoms with Crippen LogP contribution in [-0.4, -0.2) is 18.5 Å². The molecule has 2 rings (SSSR count). The molecule has 0 bridgehead atoms. The van der Waals surface area contributed by atoms with Crippen LogP contribution in [0.3, 0.4) is 0 Å². The number of hydrogen-bond donors (Lipinski definition) is 2. The van der Waals surface area contributed by atoms with E-state index in [2.05, 4.69) is 9.71 Å². The minimum Gasteiger partial charge on any atom is -0.392 e. The Morgan fingerprint density at radius 1 is 1.20 bits per heavy atom. The van der Waals surface area contributed by atoms with E-state index in [9.17, 15) is 13.5 Å². The number of nitrogens with one attached hydrogen (secondary N) is 1. The van der Waals surface area contributed by atoms with Crippen molar-refractivity contribution in [1.29, 1.82) is 0 Å². The largest absolute Gasteiger partial charge is 0.392 e. The third kappa shape index (κ3) is 3.04. The van der Waals surface area contributed by atoms with Crippen molar-refractivity contribution in [3.05, 3.63) is 52.1 Å². The molecule has 1 aromatic carbocycles. The molecule has 1 heterocycles. The first-order valence-electron chi connectivity index (χ1n) is 5.47. The van der Waals surface area contributed by atoms with Crippen molar-refractivity contribution in [2.45, 2.75) is 11.5 Å². The van der Waals surface area contributed by atoms with E-state index in [0.29, 0.717) is 0 Å². The van der Waals surface area contributed by atoms with E-state index in [0.717, 1.165) is 0 Å². The van der Waals surface area contributed by atoms with E-state index in [1.807, 2.05) is 0 Å². The highest BCUT2D eigenvalue weighted by Gasteiger charge is 2.21. The van der Waals surface area contributed by atoms with Gasteiger partial charge >= 0.3 is 0 Å². The Bertz CT molecular complexity index is 721. The molecule has 2 aromatic rings. The van der Waals surface area contributed by atoms with Gasteiger partial charge in [-0.05, 0) is 24.3 Å². The summed E-state index contributed by atoms with van der Waals surface area (Å²) in [4.78, 5) is 3.70. The maximum Gasteiger partial charge on any atom is 0.264 e. The first-order valence-corrected chi connectivity index (χ1v) is 7.71. The van der Waals surface area contributed by atoms with Gasteiger partial charge in [-0.15, -0.1) is 0 Å². The summed E-state index contributed by atoms with van der Waals surface area (Å²) in [6, 6.07) is 7.46. The van der Waals surface area contributed by atoms with Gasteiger partial charge in [0.25, 0.3) is 10.0 Å². The number of sulfonamides is 1. The van der Waals surface area contributed by atoms with Crippen LogP contribution < -0.4 is 4.72 Å². The monoisotopic (exact) mass is 332 g/mol. The second-order valence-corrected chi connectivity index (χ2v) is 6.25. The standard InChI is InChI=1S/C12H10Cl2N2O3S/c13-9-4-5-10(12(14)8(9)7-17)20(18,19)16-11-3-1-2-6-15-11/h1-6,17H,7H2,(H,15,16). The van der Waals surface area contributed by atoms with Crippen molar-refractivity contribution in [2.24, 2.45) is 0 Å². The van der Waals surface area contributed by atoms with Crippen molar-refractivity contribution in [2.75, 3.05) is 4.72 Å². The van der Waals surface area contributed by atoms with Gasteiger partial charge in [-0.3, -0.25) is 4.72 Å². The van der Waals surface area contributed by atoms with Crippen LogP contribution in [-0.2, 0) is 16.6 Å². The van der Waals surface area contributed by atoms with Gasteiger partial charge in [0, 0.05) is 16.8 Å². The van der Waals surface area contributed by atoms with Crippen LogP contribution in [0.2, 0.25) is 10.0 Å². The predicted molar refractivity (Wildman–Crippen MR) is 77.4 cm³/mol. The van der Waals surface area contributed by atoms with Gasteiger partial charge in [-0.1, -0.05) is 29.3 Å². The number of benzene rings is 1. The van der Waals surface area contributed by atoms with Crippen LogP contribution >= 0.6 is 23.2 Å². The van der Waals surface area contributed by atoms with Gasteiger partial charge in [0.2, 0.25) is 0 Å². The van der Waals surface area contributed by atoms with Gasteiger partial charge in [0.15, 0.2) is 0 Å². The molecule has 0 saturated heterocycles. The fourth-order valence-electron chi connectivity index (χ4n) is 1.54. The zero-order valence-electron chi connectivity index (χ0n) is 10.0. The number of aliphatic hydroxyl groups excluding tert-OH is 1. The molecule has 8 heteroatoms. The van der Waals surface area contributed by atoms with Crippen LogP contribution in [0.4, 0.5) is 5.82 Å². The van der Waals surface area contributed by atoms with Gasteiger partial charge in [-0.25, -0.2) is 13.4 Å². The summed E-state index contributed by atoms with van der Waals surface area (Å²) in [6.45, 7) is -0.454. The number of nitrogens with zero attached hydrogens (tertiary/aromatic N) is 1. The maximum atomic E-state index is 12.2.